The number of benzene rings is 2. The van der Waals surface area contributed by atoms with Gasteiger partial charge in [0.15, 0.2) is 0 Å². The molecule has 170 valence electrons. The van der Waals surface area contributed by atoms with Crippen LogP contribution in [0.2, 0.25) is 5.02 Å². The van der Waals surface area contributed by atoms with Gasteiger partial charge in [0.05, 0.1) is 29.5 Å². The quantitative estimate of drug-likeness (QED) is 0.512. The van der Waals surface area contributed by atoms with Gasteiger partial charge in [-0.05, 0) is 49.9 Å². The van der Waals surface area contributed by atoms with E-state index in [0.717, 1.165) is 44.5 Å². The summed E-state index contributed by atoms with van der Waals surface area (Å²) in [5.41, 5.74) is 7.52. The number of nitrogens with one attached hydrogen (secondary N) is 1. The van der Waals surface area contributed by atoms with Crippen molar-refractivity contribution in [3.8, 4) is 5.75 Å². The van der Waals surface area contributed by atoms with E-state index in [1.54, 1.807) is 12.1 Å². The number of piperidine rings is 1. The number of likely N-dealkylation sites (tertiary alicyclic amines) is 1. The molecule has 1 atom stereocenters. The summed E-state index contributed by atoms with van der Waals surface area (Å²) >= 11 is 6.06. The first-order chi connectivity index (χ1) is 14.5. The molecule has 1 saturated heterocycles. The number of halogens is 2. The van der Waals surface area contributed by atoms with E-state index in [1.807, 2.05) is 30.3 Å². The molecule has 0 bridgehead atoms. The maximum Gasteiger partial charge on any atom is 0.255 e. The Balaban J connectivity index is 0.00000341. The second-order valence-corrected chi connectivity index (χ2v) is 8.19. The molecule has 0 aromatic heterocycles. The molecule has 2 aromatic rings. The van der Waals surface area contributed by atoms with Crippen LogP contribution in [0.5, 0.6) is 5.75 Å². The lowest BCUT2D eigenvalue weighted by Gasteiger charge is -2.32. The molecule has 1 fully saturated rings. The third-order valence-corrected chi connectivity index (χ3v) is 6.05. The molecule has 1 aliphatic rings. The van der Waals surface area contributed by atoms with E-state index >= 15 is 0 Å². The van der Waals surface area contributed by atoms with Gasteiger partial charge in [-0.3, -0.25) is 4.79 Å². The summed E-state index contributed by atoms with van der Waals surface area (Å²) in [5, 5.41) is 13.7. The highest BCUT2D eigenvalue weighted by Gasteiger charge is 2.22. The number of aliphatic hydroxyl groups is 1. The maximum atomic E-state index is 12.6. The Morgan fingerprint density at radius 2 is 1.97 bits per heavy atom. The summed E-state index contributed by atoms with van der Waals surface area (Å²) in [5.74, 6) is 0.642. The summed E-state index contributed by atoms with van der Waals surface area (Å²) in [6.07, 6.45) is 2.33. The Hall–Kier alpha value is -1.99. The second-order valence-electron chi connectivity index (χ2n) is 7.78. The van der Waals surface area contributed by atoms with E-state index in [1.165, 1.54) is 7.11 Å². The first kappa shape index (κ1) is 25.3. The Bertz CT molecular complexity index is 843. The van der Waals surface area contributed by atoms with Gasteiger partial charge in [0.25, 0.3) is 5.91 Å². The molecule has 2 aromatic carbocycles. The average Bonchev–Trinajstić information content (AvgIpc) is 2.78. The third kappa shape index (κ3) is 7.01. The number of ether oxygens (including phenoxy) is 1. The number of hydrogen-bond acceptors (Lipinski definition) is 5. The zero-order valence-corrected chi connectivity index (χ0v) is 19.3. The molecule has 8 heteroatoms. The van der Waals surface area contributed by atoms with Crippen molar-refractivity contribution in [2.75, 3.05) is 39.0 Å². The van der Waals surface area contributed by atoms with Crippen LogP contribution >= 0.6 is 24.0 Å². The molecular weight excluding hydrogens is 437 g/mol. The number of aliphatic hydroxyl groups excluding tert-OH is 1. The fourth-order valence-corrected chi connectivity index (χ4v) is 3.97. The van der Waals surface area contributed by atoms with Gasteiger partial charge in [0, 0.05) is 19.2 Å². The summed E-state index contributed by atoms with van der Waals surface area (Å²) in [4.78, 5) is 15.0. The Morgan fingerprint density at radius 1 is 1.29 bits per heavy atom. The standard InChI is InChI=1S/C23H30ClN3O3.ClH/c1-30-22-14-20(25)19(24)13-18(22)23(29)26-15-16-7-10-27(11-8-16)12-9-21(28)17-5-3-2-4-6-17;/h2-6,13-14,16,21,28H,7-12,15,25H2,1H3,(H,26,29);1H. The second kappa shape index (κ2) is 12.2. The zero-order valence-electron chi connectivity index (χ0n) is 17.7. The van der Waals surface area contributed by atoms with Gasteiger partial charge in [0.1, 0.15) is 5.75 Å². The number of anilines is 1. The summed E-state index contributed by atoms with van der Waals surface area (Å²) < 4.78 is 5.26. The monoisotopic (exact) mass is 467 g/mol. The molecule has 31 heavy (non-hydrogen) atoms. The molecule has 1 amide bonds. The van der Waals surface area contributed by atoms with Crippen LogP contribution in [0.4, 0.5) is 5.69 Å². The van der Waals surface area contributed by atoms with Gasteiger partial charge in [-0.25, -0.2) is 0 Å². The van der Waals surface area contributed by atoms with Gasteiger partial charge in [-0.15, -0.1) is 12.4 Å². The van der Waals surface area contributed by atoms with Crippen molar-refractivity contribution in [1.82, 2.24) is 10.2 Å². The number of carbonyl (C=O) groups is 1. The molecule has 3 rings (SSSR count). The predicted molar refractivity (Wildman–Crippen MR) is 127 cm³/mol. The summed E-state index contributed by atoms with van der Waals surface area (Å²) in [6, 6.07) is 12.9. The van der Waals surface area contributed by atoms with E-state index in [4.69, 9.17) is 22.1 Å². The van der Waals surface area contributed by atoms with Gasteiger partial charge < -0.3 is 25.8 Å². The topological polar surface area (TPSA) is 87.8 Å². The minimum absolute atomic E-state index is 0. The predicted octanol–water partition coefficient (Wildman–Crippen LogP) is 3.92. The van der Waals surface area contributed by atoms with Crippen LogP contribution in [-0.4, -0.2) is 49.2 Å². The van der Waals surface area contributed by atoms with Crippen molar-refractivity contribution in [1.29, 1.82) is 0 Å². The fourth-order valence-electron chi connectivity index (χ4n) is 3.81. The van der Waals surface area contributed by atoms with Crippen LogP contribution in [0.1, 0.15) is 41.3 Å². The number of rotatable bonds is 8. The van der Waals surface area contributed by atoms with Gasteiger partial charge in [-0.1, -0.05) is 41.9 Å². The molecule has 6 nitrogen and oxygen atoms in total. The molecule has 0 aliphatic carbocycles. The number of methoxy groups -OCH3 is 1. The molecule has 1 heterocycles. The smallest absolute Gasteiger partial charge is 0.255 e. The molecule has 0 spiro atoms. The lowest BCUT2D eigenvalue weighted by molar-refractivity contribution is 0.0925. The number of hydrogen-bond donors (Lipinski definition) is 3. The highest BCUT2D eigenvalue weighted by Crippen LogP contribution is 2.29. The van der Waals surface area contributed by atoms with Crippen molar-refractivity contribution in [2.45, 2.75) is 25.4 Å². The SMILES string of the molecule is COc1cc(N)c(Cl)cc1C(=O)NCC1CCN(CCC(O)c2ccccc2)CC1.Cl. The largest absolute Gasteiger partial charge is 0.496 e. The van der Waals surface area contributed by atoms with Gasteiger partial charge >= 0.3 is 0 Å². The molecule has 4 N–H and O–H groups in total. The zero-order chi connectivity index (χ0) is 21.5. The fraction of sp³-hybridized carbons (Fsp3) is 0.435. The number of nitrogen functional groups attached to an aromatic ring is 1. The van der Waals surface area contributed by atoms with Crippen molar-refractivity contribution >= 4 is 35.6 Å². The van der Waals surface area contributed by atoms with E-state index < -0.39 is 6.10 Å². The van der Waals surface area contributed by atoms with E-state index in [-0.39, 0.29) is 18.3 Å². The van der Waals surface area contributed by atoms with Crippen LogP contribution in [0.3, 0.4) is 0 Å². The van der Waals surface area contributed by atoms with Crippen molar-refractivity contribution < 1.29 is 14.6 Å². The molecule has 1 aliphatic heterocycles. The van der Waals surface area contributed by atoms with Crippen molar-refractivity contribution in [3.63, 3.8) is 0 Å². The highest BCUT2D eigenvalue weighted by atomic mass is 35.5. The molecule has 0 radical (unpaired) electrons. The normalized spacial score (nSPS) is 15.7. The van der Waals surface area contributed by atoms with Crippen LogP contribution in [-0.2, 0) is 0 Å². The lowest BCUT2D eigenvalue weighted by Crippen LogP contribution is -2.39. The summed E-state index contributed by atoms with van der Waals surface area (Å²) in [7, 11) is 1.50. The van der Waals surface area contributed by atoms with Crippen molar-refractivity contribution in [3.05, 3.63) is 58.6 Å². The van der Waals surface area contributed by atoms with Crippen molar-refractivity contribution in [2.24, 2.45) is 5.92 Å². The van der Waals surface area contributed by atoms with Crippen LogP contribution in [0, 0.1) is 5.92 Å². The van der Waals surface area contributed by atoms with Gasteiger partial charge in [0.2, 0.25) is 0 Å². The van der Waals surface area contributed by atoms with E-state index in [9.17, 15) is 9.90 Å². The van der Waals surface area contributed by atoms with Crippen LogP contribution in [0.15, 0.2) is 42.5 Å². The van der Waals surface area contributed by atoms with E-state index in [0.29, 0.717) is 34.5 Å². The number of nitrogens with zero attached hydrogens (tertiary/aromatic N) is 1. The Labute approximate surface area is 195 Å². The Kier molecular flexibility index (Phi) is 9.91. The first-order valence-electron chi connectivity index (χ1n) is 10.3. The Morgan fingerprint density at radius 3 is 2.61 bits per heavy atom. The highest BCUT2D eigenvalue weighted by molar-refractivity contribution is 6.33. The molecule has 0 saturated carbocycles. The average molecular weight is 468 g/mol. The number of carbonyl (C=O) groups excluding carboxylic acids is 1. The lowest BCUT2D eigenvalue weighted by atomic mass is 9.96. The first-order valence-corrected chi connectivity index (χ1v) is 10.7. The van der Waals surface area contributed by atoms with Gasteiger partial charge in [-0.2, -0.15) is 0 Å². The molecule has 1 unspecified atom stereocenters. The third-order valence-electron chi connectivity index (χ3n) is 5.72. The minimum atomic E-state index is -0.426. The minimum Gasteiger partial charge on any atom is -0.496 e. The summed E-state index contributed by atoms with van der Waals surface area (Å²) in [6.45, 7) is 3.43. The number of amides is 1. The number of nitrogens with two attached hydrogens (primary N) is 1. The van der Waals surface area contributed by atoms with E-state index in [2.05, 4.69) is 10.2 Å². The van der Waals surface area contributed by atoms with Crippen LogP contribution in [0.25, 0.3) is 0 Å². The molecular formula is C23H31Cl2N3O3. The van der Waals surface area contributed by atoms with Crippen LogP contribution < -0.4 is 15.8 Å². The maximum absolute atomic E-state index is 12.6.